The molecule has 6 heteroatoms. The Bertz CT molecular complexity index is 684. The molecule has 26 heavy (non-hydrogen) atoms. The molecule has 1 aromatic carbocycles. The monoisotopic (exact) mass is 376 g/mol. The standard InChI is InChI=1S/C20H28N2O3S/c1-5-22(6-2)18(15-9-10-26-14-15)13-21-20(23)12-16-11-17(24-3)7-8-19(16)25-4/h7-11,14,18H,5-6,12-13H2,1-4H3,(H,21,23). The summed E-state index contributed by atoms with van der Waals surface area (Å²) in [5, 5.41) is 7.32. The number of hydrogen-bond acceptors (Lipinski definition) is 5. The average molecular weight is 377 g/mol. The number of ether oxygens (including phenoxy) is 2. The van der Waals surface area contributed by atoms with E-state index in [0.717, 1.165) is 18.7 Å². The summed E-state index contributed by atoms with van der Waals surface area (Å²) in [7, 11) is 3.22. The summed E-state index contributed by atoms with van der Waals surface area (Å²) < 4.78 is 10.6. The first-order valence-electron chi connectivity index (χ1n) is 8.86. The van der Waals surface area contributed by atoms with Crippen molar-refractivity contribution in [2.45, 2.75) is 26.3 Å². The minimum Gasteiger partial charge on any atom is -0.497 e. The zero-order valence-corrected chi connectivity index (χ0v) is 16.8. The Morgan fingerprint density at radius 3 is 2.54 bits per heavy atom. The van der Waals surface area contributed by atoms with E-state index in [1.54, 1.807) is 25.6 Å². The molecule has 2 rings (SSSR count). The maximum Gasteiger partial charge on any atom is 0.224 e. The zero-order valence-electron chi connectivity index (χ0n) is 16.0. The average Bonchev–Trinajstić information content (AvgIpc) is 3.19. The molecule has 1 heterocycles. The van der Waals surface area contributed by atoms with Crippen LogP contribution in [0.5, 0.6) is 11.5 Å². The molecule has 1 N–H and O–H groups in total. The first-order valence-corrected chi connectivity index (χ1v) is 9.80. The van der Waals surface area contributed by atoms with Gasteiger partial charge >= 0.3 is 0 Å². The molecule has 1 atom stereocenters. The predicted octanol–water partition coefficient (Wildman–Crippen LogP) is 3.51. The summed E-state index contributed by atoms with van der Waals surface area (Å²) in [5.41, 5.74) is 2.07. The zero-order chi connectivity index (χ0) is 18.9. The van der Waals surface area contributed by atoms with Gasteiger partial charge in [0.15, 0.2) is 0 Å². The Hall–Kier alpha value is -2.05. The maximum absolute atomic E-state index is 12.5. The maximum atomic E-state index is 12.5. The highest BCUT2D eigenvalue weighted by Gasteiger charge is 2.19. The third-order valence-electron chi connectivity index (χ3n) is 4.51. The van der Waals surface area contributed by atoms with E-state index < -0.39 is 0 Å². The third kappa shape index (κ3) is 5.22. The number of nitrogens with one attached hydrogen (secondary N) is 1. The number of hydrogen-bond donors (Lipinski definition) is 1. The first kappa shape index (κ1) is 20.3. The molecule has 0 fully saturated rings. The van der Waals surface area contributed by atoms with Crippen LogP contribution in [0.2, 0.25) is 0 Å². The van der Waals surface area contributed by atoms with Gasteiger partial charge in [0, 0.05) is 12.1 Å². The molecule has 0 aliphatic carbocycles. The normalized spacial score (nSPS) is 12.0. The van der Waals surface area contributed by atoms with Crippen LogP contribution >= 0.6 is 11.3 Å². The molecule has 0 aliphatic heterocycles. The molecule has 2 aromatic rings. The fourth-order valence-electron chi connectivity index (χ4n) is 3.05. The molecule has 0 saturated heterocycles. The van der Waals surface area contributed by atoms with Gasteiger partial charge in [0.1, 0.15) is 11.5 Å². The van der Waals surface area contributed by atoms with E-state index in [9.17, 15) is 4.79 Å². The SMILES string of the molecule is CCN(CC)C(CNC(=O)Cc1cc(OC)ccc1OC)c1ccsc1. The summed E-state index contributed by atoms with van der Waals surface area (Å²) in [5.74, 6) is 1.39. The van der Waals surface area contributed by atoms with E-state index in [1.807, 2.05) is 18.2 Å². The van der Waals surface area contributed by atoms with Crippen molar-refractivity contribution >= 4 is 17.2 Å². The number of nitrogens with zero attached hydrogens (tertiary/aromatic N) is 1. The minimum absolute atomic E-state index is 0.0241. The van der Waals surface area contributed by atoms with Crippen molar-refractivity contribution in [3.63, 3.8) is 0 Å². The van der Waals surface area contributed by atoms with Crippen LogP contribution in [-0.2, 0) is 11.2 Å². The van der Waals surface area contributed by atoms with Gasteiger partial charge in [-0.3, -0.25) is 9.69 Å². The Morgan fingerprint density at radius 1 is 1.19 bits per heavy atom. The molecule has 0 spiro atoms. The van der Waals surface area contributed by atoms with Crippen molar-refractivity contribution in [1.29, 1.82) is 0 Å². The van der Waals surface area contributed by atoms with Gasteiger partial charge in [0.25, 0.3) is 0 Å². The van der Waals surface area contributed by atoms with Crippen molar-refractivity contribution in [2.24, 2.45) is 0 Å². The van der Waals surface area contributed by atoms with Gasteiger partial charge in [-0.1, -0.05) is 13.8 Å². The van der Waals surface area contributed by atoms with E-state index in [2.05, 4.69) is 40.9 Å². The fraction of sp³-hybridized carbons (Fsp3) is 0.450. The van der Waals surface area contributed by atoms with Gasteiger partial charge < -0.3 is 14.8 Å². The van der Waals surface area contributed by atoms with Gasteiger partial charge in [0.05, 0.1) is 26.7 Å². The molecule has 1 amide bonds. The summed E-state index contributed by atoms with van der Waals surface area (Å²) in [6, 6.07) is 7.82. The van der Waals surface area contributed by atoms with Crippen molar-refractivity contribution in [3.05, 3.63) is 46.2 Å². The number of rotatable bonds is 10. The van der Waals surface area contributed by atoms with Crippen LogP contribution in [0.25, 0.3) is 0 Å². The van der Waals surface area contributed by atoms with Crippen LogP contribution in [0.1, 0.15) is 31.0 Å². The molecule has 0 aliphatic rings. The lowest BCUT2D eigenvalue weighted by Gasteiger charge is -2.29. The van der Waals surface area contributed by atoms with Gasteiger partial charge in [-0.2, -0.15) is 11.3 Å². The number of carbonyl (C=O) groups is 1. The molecule has 0 saturated carbocycles. The van der Waals surface area contributed by atoms with Gasteiger partial charge in [-0.05, 0) is 53.7 Å². The molecular formula is C20H28N2O3S. The van der Waals surface area contributed by atoms with E-state index in [0.29, 0.717) is 18.0 Å². The van der Waals surface area contributed by atoms with Crippen LogP contribution in [0.15, 0.2) is 35.0 Å². The Balaban J connectivity index is 2.04. The van der Waals surface area contributed by atoms with Crippen molar-refractivity contribution < 1.29 is 14.3 Å². The van der Waals surface area contributed by atoms with E-state index >= 15 is 0 Å². The van der Waals surface area contributed by atoms with E-state index in [-0.39, 0.29) is 18.4 Å². The third-order valence-corrected chi connectivity index (χ3v) is 5.21. The van der Waals surface area contributed by atoms with Gasteiger partial charge in [-0.25, -0.2) is 0 Å². The van der Waals surface area contributed by atoms with Crippen LogP contribution in [0.3, 0.4) is 0 Å². The van der Waals surface area contributed by atoms with Crippen LogP contribution < -0.4 is 14.8 Å². The summed E-state index contributed by atoms with van der Waals surface area (Å²) in [6.07, 6.45) is 0.259. The van der Waals surface area contributed by atoms with Crippen molar-refractivity contribution in [2.75, 3.05) is 33.9 Å². The minimum atomic E-state index is -0.0241. The Morgan fingerprint density at radius 2 is 1.96 bits per heavy atom. The van der Waals surface area contributed by atoms with Crippen molar-refractivity contribution in [3.8, 4) is 11.5 Å². The highest BCUT2D eigenvalue weighted by Crippen LogP contribution is 2.25. The molecule has 0 bridgehead atoms. The smallest absolute Gasteiger partial charge is 0.224 e. The summed E-state index contributed by atoms with van der Waals surface area (Å²) >= 11 is 1.68. The largest absolute Gasteiger partial charge is 0.497 e. The molecule has 0 radical (unpaired) electrons. The van der Waals surface area contributed by atoms with Crippen LogP contribution in [0, 0.1) is 0 Å². The van der Waals surface area contributed by atoms with Crippen LogP contribution in [0.4, 0.5) is 0 Å². The molecule has 142 valence electrons. The lowest BCUT2D eigenvalue weighted by molar-refractivity contribution is -0.120. The quantitative estimate of drug-likeness (QED) is 0.689. The second-order valence-corrected chi connectivity index (χ2v) is 6.73. The number of carbonyl (C=O) groups excluding carboxylic acids is 1. The first-order chi connectivity index (χ1) is 12.6. The number of thiophene rings is 1. The molecular weight excluding hydrogens is 348 g/mol. The number of likely N-dealkylation sites (N-methyl/N-ethyl adjacent to an activating group) is 1. The van der Waals surface area contributed by atoms with E-state index in [1.165, 1.54) is 5.56 Å². The second-order valence-electron chi connectivity index (χ2n) is 5.95. The topological polar surface area (TPSA) is 50.8 Å². The highest BCUT2D eigenvalue weighted by atomic mass is 32.1. The highest BCUT2D eigenvalue weighted by molar-refractivity contribution is 7.07. The van der Waals surface area contributed by atoms with Crippen molar-refractivity contribution in [1.82, 2.24) is 10.2 Å². The number of benzene rings is 1. The van der Waals surface area contributed by atoms with Gasteiger partial charge in [0.2, 0.25) is 5.91 Å². The summed E-state index contributed by atoms with van der Waals surface area (Å²) in [6.45, 7) is 6.76. The fourth-order valence-corrected chi connectivity index (χ4v) is 3.76. The second kappa shape index (κ2) is 10.2. The molecule has 1 aromatic heterocycles. The predicted molar refractivity (Wildman–Crippen MR) is 106 cm³/mol. The lowest BCUT2D eigenvalue weighted by atomic mass is 10.1. The molecule has 1 unspecified atom stereocenters. The number of amides is 1. The lowest BCUT2D eigenvalue weighted by Crippen LogP contribution is -2.38. The summed E-state index contributed by atoms with van der Waals surface area (Å²) in [4.78, 5) is 14.9. The van der Waals surface area contributed by atoms with Crippen LogP contribution in [-0.4, -0.2) is 44.7 Å². The Labute approximate surface area is 159 Å². The van der Waals surface area contributed by atoms with Gasteiger partial charge in [-0.15, -0.1) is 0 Å². The van der Waals surface area contributed by atoms with E-state index in [4.69, 9.17) is 9.47 Å². The number of methoxy groups -OCH3 is 2. The molecule has 5 nitrogen and oxygen atoms in total. The Kier molecular flexibility index (Phi) is 7.94.